The van der Waals surface area contributed by atoms with Crippen LogP contribution in [0.25, 0.3) is 22.3 Å². The Morgan fingerprint density at radius 1 is 0.477 bits per heavy atom. The number of fused-ring (bicyclic) bond motifs is 2. The summed E-state index contributed by atoms with van der Waals surface area (Å²) in [5.41, 5.74) is 1.04. The van der Waals surface area contributed by atoms with Crippen molar-refractivity contribution in [1.82, 2.24) is 47.2 Å². The second-order valence-corrected chi connectivity index (χ2v) is 21.7. The Hall–Kier alpha value is -8.84. The minimum absolute atomic E-state index is 0.0872. The second-order valence-electron chi connectivity index (χ2n) is 21.7. The third-order valence-corrected chi connectivity index (χ3v) is 15.1. The number of imidazole rings is 2. The monoisotopic (exact) mass is 1210 g/mol. The molecule has 88 heavy (non-hydrogen) atoms. The molecule has 0 saturated heterocycles. The van der Waals surface area contributed by atoms with Gasteiger partial charge in [-0.15, -0.1) is 0 Å². The number of ether oxygens (including phenoxy) is 6. The molecule has 8 rings (SSSR count). The van der Waals surface area contributed by atoms with Crippen LogP contribution in [0, 0.1) is 0 Å². The number of esters is 2. The van der Waals surface area contributed by atoms with Gasteiger partial charge < -0.3 is 47.8 Å². The van der Waals surface area contributed by atoms with E-state index in [1.165, 1.54) is 35.9 Å². The summed E-state index contributed by atoms with van der Waals surface area (Å²) in [6.07, 6.45) is 0.268. The van der Waals surface area contributed by atoms with E-state index in [1.54, 1.807) is 71.8 Å². The van der Waals surface area contributed by atoms with Gasteiger partial charge in [0.25, 0.3) is 11.1 Å². The van der Waals surface area contributed by atoms with Crippen LogP contribution in [-0.2, 0) is 73.6 Å². The molecule has 0 radical (unpaired) electrons. The maximum Gasteiger partial charge on any atom is 0.338 e. The van der Waals surface area contributed by atoms with E-state index in [0.29, 0.717) is 75.1 Å². The molecular weight excluding hydrogens is 1130 g/mol. The number of aliphatic hydroxyl groups excluding tert-OH is 2. The van der Waals surface area contributed by atoms with Crippen molar-refractivity contribution in [2.75, 3.05) is 52.5 Å². The lowest BCUT2D eigenvalue weighted by molar-refractivity contribution is -0.181. The topological polar surface area (TPSA) is 260 Å². The van der Waals surface area contributed by atoms with Crippen molar-refractivity contribution in [3.8, 4) is 23.0 Å². The number of para-hydroxylation sites is 4. The first-order valence-electron chi connectivity index (χ1n) is 29.8. The highest BCUT2D eigenvalue weighted by atomic mass is 16.6. The van der Waals surface area contributed by atoms with Crippen LogP contribution in [0.1, 0.15) is 63.5 Å². The first-order chi connectivity index (χ1) is 42.6. The van der Waals surface area contributed by atoms with Crippen molar-refractivity contribution in [1.29, 1.82) is 0 Å². The van der Waals surface area contributed by atoms with Gasteiger partial charge in [-0.3, -0.25) is 37.7 Å². The van der Waals surface area contributed by atoms with Crippen LogP contribution in [-0.4, -0.2) is 146 Å². The van der Waals surface area contributed by atoms with E-state index in [4.69, 9.17) is 28.4 Å². The Bertz CT molecular complexity index is 3570. The fourth-order valence-electron chi connectivity index (χ4n) is 10.2. The number of unbranched alkanes of at least 4 members (excludes halogenated alkanes) is 2. The molecule has 0 amide bonds. The van der Waals surface area contributed by atoms with Crippen LogP contribution >= 0.6 is 0 Å². The standard InChI is InChI=1S/C64H80N10O14/c1-7-9-31-71(33-21-35-73-43-65-57-53(73)59(77)69(5)63(81)67(57)3)37-47(41-85-51-29-19-17-27-49(51)83-39-45-23-13-11-14-24-45)87-61(79)55(75)56(76)62(80)88-48(42-86-52-30-20-18-28-50(52)84-40-46-25-15-12-16-26-46)38-72(32-10-8-2)34-22-36-74-44-66-58-54(74)60(78)70(6)64(82)68(58)4/h11-20,23-30,43-44,47-48,55-56,75-76H,7-10,21-22,31-42H2,1-6H3. The lowest BCUT2D eigenvalue weighted by Crippen LogP contribution is -2.48. The molecule has 0 aliphatic rings. The van der Waals surface area contributed by atoms with Crippen molar-refractivity contribution in [3.63, 3.8) is 0 Å². The fourth-order valence-corrected chi connectivity index (χ4v) is 10.2. The Balaban J connectivity index is 0.997. The maximum absolute atomic E-state index is 14.2. The van der Waals surface area contributed by atoms with Gasteiger partial charge in [-0.25, -0.2) is 29.1 Å². The summed E-state index contributed by atoms with van der Waals surface area (Å²) in [6, 6.07) is 33.3. The smallest absolute Gasteiger partial charge is 0.338 e. The number of aliphatic hydroxyl groups is 2. The highest BCUT2D eigenvalue weighted by molar-refractivity contribution is 5.85. The van der Waals surface area contributed by atoms with E-state index >= 15 is 0 Å². The summed E-state index contributed by atoms with van der Waals surface area (Å²) in [5, 5.41) is 23.2. The minimum atomic E-state index is -2.41. The van der Waals surface area contributed by atoms with Crippen molar-refractivity contribution < 1.29 is 48.2 Å². The maximum atomic E-state index is 14.2. The lowest BCUT2D eigenvalue weighted by Gasteiger charge is -2.30. The molecule has 0 spiro atoms. The SMILES string of the molecule is CCCCN(CCCn1cnc2c1c(=O)n(C)c(=O)n2C)CC(COc1ccccc1OCc1ccccc1)OC(=O)C(O)C(O)C(=O)OC(COc1ccccc1OCc1ccccc1)CN(CCCC)CCCn1cnc2c1c(=O)n(C)c(=O)n2C. The van der Waals surface area contributed by atoms with Gasteiger partial charge in [0, 0.05) is 54.4 Å². The van der Waals surface area contributed by atoms with E-state index in [-0.39, 0.29) is 61.8 Å². The van der Waals surface area contributed by atoms with Gasteiger partial charge in [-0.05, 0) is 87.3 Å². The third-order valence-electron chi connectivity index (χ3n) is 15.1. The predicted molar refractivity (Wildman–Crippen MR) is 330 cm³/mol. The van der Waals surface area contributed by atoms with Crippen molar-refractivity contribution in [3.05, 3.63) is 175 Å². The highest BCUT2D eigenvalue weighted by Crippen LogP contribution is 2.29. The van der Waals surface area contributed by atoms with Crippen LogP contribution in [0.4, 0.5) is 0 Å². The van der Waals surface area contributed by atoms with Crippen LogP contribution in [0.15, 0.2) is 141 Å². The van der Waals surface area contributed by atoms with Gasteiger partial charge >= 0.3 is 23.3 Å². The van der Waals surface area contributed by atoms with Crippen molar-refractivity contribution in [2.24, 2.45) is 28.2 Å². The zero-order valence-corrected chi connectivity index (χ0v) is 50.8. The van der Waals surface area contributed by atoms with Crippen molar-refractivity contribution >= 4 is 34.3 Å². The Morgan fingerprint density at radius 3 is 1.18 bits per heavy atom. The predicted octanol–water partition coefficient (Wildman–Crippen LogP) is 4.73. The number of nitrogens with zero attached hydrogens (tertiary/aromatic N) is 10. The molecular formula is C64H80N10O14. The molecule has 8 aromatic rings. The number of hydrogen-bond acceptors (Lipinski definition) is 18. The molecule has 2 N–H and O–H groups in total. The average molecular weight is 1210 g/mol. The molecule has 4 aromatic carbocycles. The molecule has 0 aliphatic heterocycles. The number of benzene rings is 4. The Morgan fingerprint density at radius 2 is 0.818 bits per heavy atom. The minimum Gasteiger partial charge on any atom is -0.486 e. The molecule has 4 heterocycles. The zero-order chi connectivity index (χ0) is 62.7. The number of carbonyl (C=O) groups is 2. The van der Waals surface area contributed by atoms with Gasteiger partial charge in [0.15, 0.2) is 57.5 Å². The normalized spacial score (nSPS) is 13.0. The first kappa shape index (κ1) is 65.1. The summed E-state index contributed by atoms with van der Waals surface area (Å²) < 4.78 is 45.2. The molecule has 4 unspecified atom stereocenters. The van der Waals surface area contributed by atoms with Gasteiger partial charge in [-0.1, -0.05) is 112 Å². The molecule has 4 aromatic heterocycles. The Kier molecular flexibility index (Phi) is 23.5. The fraction of sp³-hybridized carbons (Fsp3) is 0.438. The van der Waals surface area contributed by atoms with E-state index in [0.717, 1.165) is 45.9 Å². The average Bonchev–Trinajstić information content (AvgIpc) is 3.15. The summed E-state index contributed by atoms with van der Waals surface area (Å²) in [4.78, 5) is 93.1. The molecule has 24 heteroatoms. The molecule has 0 saturated carbocycles. The molecule has 0 fully saturated rings. The molecule has 0 bridgehead atoms. The van der Waals surface area contributed by atoms with E-state index in [1.807, 2.05) is 74.5 Å². The van der Waals surface area contributed by atoms with E-state index in [9.17, 15) is 39.0 Å². The molecule has 4 atom stereocenters. The second kappa shape index (κ2) is 31.7. The number of aryl methyl sites for hydroxylation is 4. The van der Waals surface area contributed by atoms with Crippen LogP contribution in [0.2, 0.25) is 0 Å². The van der Waals surface area contributed by atoms with Gasteiger partial charge in [0.2, 0.25) is 0 Å². The Labute approximate surface area is 509 Å². The summed E-state index contributed by atoms with van der Waals surface area (Å²) in [7, 11) is 5.95. The molecule has 0 aliphatic carbocycles. The molecule has 24 nitrogen and oxygen atoms in total. The largest absolute Gasteiger partial charge is 0.486 e. The zero-order valence-electron chi connectivity index (χ0n) is 50.8. The van der Waals surface area contributed by atoms with Crippen LogP contribution < -0.4 is 41.4 Å². The van der Waals surface area contributed by atoms with Crippen molar-refractivity contribution in [2.45, 2.75) is 103 Å². The van der Waals surface area contributed by atoms with Gasteiger partial charge in [-0.2, -0.15) is 0 Å². The van der Waals surface area contributed by atoms with Gasteiger partial charge in [0.1, 0.15) is 38.6 Å². The number of rotatable bonds is 35. The third kappa shape index (κ3) is 16.8. The lowest BCUT2D eigenvalue weighted by atomic mass is 10.2. The van der Waals surface area contributed by atoms with E-state index in [2.05, 4.69) is 19.8 Å². The quantitative estimate of drug-likeness (QED) is 0.0509. The van der Waals surface area contributed by atoms with Gasteiger partial charge in [0.05, 0.1) is 12.7 Å². The molecule has 470 valence electrons. The van der Waals surface area contributed by atoms with E-state index < -0.39 is 58.9 Å². The number of hydrogen-bond donors (Lipinski definition) is 2. The number of carbonyl (C=O) groups excluding carboxylic acids is 2. The number of aromatic nitrogens is 8. The van der Waals surface area contributed by atoms with Crippen LogP contribution in [0.5, 0.6) is 23.0 Å². The summed E-state index contributed by atoms with van der Waals surface area (Å²) >= 11 is 0. The summed E-state index contributed by atoms with van der Waals surface area (Å²) in [5.74, 6) is -1.05. The highest BCUT2D eigenvalue weighted by Gasteiger charge is 2.37. The first-order valence-corrected chi connectivity index (χ1v) is 29.8. The van der Waals surface area contributed by atoms with Crippen LogP contribution in [0.3, 0.4) is 0 Å². The summed E-state index contributed by atoms with van der Waals surface area (Å²) in [6.45, 7) is 7.01.